The van der Waals surface area contributed by atoms with Gasteiger partial charge in [-0.05, 0) is 12.5 Å². The second kappa shape index (κ2) is 8.83. The number of amides is 2. The minimum atomic E-state index is -4.76. The molecule has 0 bridgehead atoms. The average molecular weight is 479 g/mol. The van der Waals surface area contributed by atoms with Gasteiger partial charge in [0.1, 0.15) is 5.82 Å². The first-order chi connectivity index (χ1) is 16.1. The number of hydrogen-bond donors (Lipinski definition) is 2. The summed E-state index contributed by atoms with van der Waals surface area (Å²) in [6.07, 6.45) is -2.44. The first-order valence-electron chi connectivity index (χ1n) is 10.5. The molecule has 1 aliphatic heterocycles. The topological polar surface area (TPSA) is 127 Å². The van der Waals surface area contributed by atoms with E-state index in [4.69, 9.17) is 10.5 Å². The Hall–Kier alpha value is -3.84. The minimum Gasteiger partial charge on any atom is -0.481 e. The number of urea groups is 1. The van der Waals surface area contributed by atoms with Crippen LogP contribution in [0.3, 0.4) is 0 Å². The molecule has 11 nitrogen and oxygen atoms in total. The van der Waals surface area contributed by atoms with Crippen molar-refractivity contribution in [3.8, 4) is 5.88 Å². The van der Waals surface area contributed by atoms with Gasteiger partial charge in [-0.25, -0.2) is 9.78 Å². The van der Waals surface area contributed by atoms with E-state index in [1.807, 2.05) is 11.8 Å². The molecule has 1 aliphatic rings. The van der Waals surface area contributed by atoms with Crippen LogP contribution in [0.1, 0.15) is 19.0 Å². The van der Waals surface area contributed by atoms with E-state index in [1.54, 1.807) is 17.9 Å². The van der Waals surface area contributed by atoms with Crippen LogP contribution in [0.5, 0.6) is 5.88 Å². The molecule has 34 heavy (non-hydrogen) atoms. The number of anilines is 3. The fourth-order valence-electron chi connectivity index (χ4n) is 3.98. The van der Waals surface area contributed by atoms with Gasteiger partial charge in [-0.15, -0.1) is 0 Å². The Kier molecular flexibility index (Phi) is 6.06. The highest BCUT2D eigenvalue weighted by molar-refractivity contribution is 5.91. The number of halogens is 3. The first-order valence-corrected chi connectivity index (χ1v) is 10.5. The lowest BCUT2D eigenvalue weighted by Crippen LogP contribution is -2.56. The number of nitrogens with zero attached hydrogens (tertiary/aromatic N) is 7. The molecule has 0 aliphatic carbocycles. The first kappa shape index (κ1) is 23.3. The number of alkyl halides is 3. The maximum Gasteiger partial charge on any atom is 0.435 e. The number of nitrogens with two attached hydrogens (primary N) is 1. The highest BCUT2D eigenvalue weighted by atomic mass is 19.4. The highest BCUT2D eigenvalue weighted by Gasteiger charge is 2.38. The molecule has 1 fully saturated rings. The van der Waals surface area contributed by atoms with Gasteiger partial charge in [0.05, 0.1) is 24.4 Å². The van der Waals surface area contributed by atoms with Crippen molar-refractivity contribution >= 4 is 34.5 Å². The van der Waals surface area contributed by atoms with Crippen LogP contribution in [-0.2, 0) is 13.2 Å². The third kappa shape index (κ3) is 4.34. The molecule has 0 unspecified atom stereocenters. The number of pyridine rings is 1. The molecule has 1 saturated heterocycles. The quantitative estimate of drug-likeness (QED) is 0.584. The number of aryl methyl sites for hydroxylation is 1. The number of ether oxygens (including phenoxy) is 1. The van der Waals surface area contributed by atoms with E-state index in [-0.39, 0.29) is 31.0 Å². The van der Waals surface area contributed by atoms with Crippen LogP contribution in [0, 0.1) is 0 Å². The molecule has 4 rings (SSSR count). The van der Waals surface area contributed by atoms with Crippen molar-refractivity contribution in [1.82, 2.24) is 29.6 Å². The number of methoxy groups -OCH3 is 1. The van der Waals surface area contributed by atoms with Crippen molar-refractivity contribution in [2.75, 3.05) is 42.7 Å². The van der Waals surface area contributed by atoms with Gasteiger partial charge >= 0.3 is 12.2 Å². The lowest BCUT2D eigenvalue weighted by molar-refractivity contribution is -0.140. The fourth-order valence-corrected chi connectivity index (χ4v) is 3.98. The highest BCUT2D eigenvalue weighted by Crippen LogP contribution is 2.35. The van der Waals surface area contributed by atoms with E-state index in [9.17, 15) is 18.0 Å². The molecule has 182 valence electrons. The number of carbonyl (C=O) groups excluding carboxylic acids is 1. The van der Waals surface area contributed by atoms with Gasteiger partial charge in [0.2, 0.25) is 11.8 Å². The zero-order chi connectivity index (χ0) is 24.6. The van der Waals surface area contributed by atoms with Crippen molar-refractivity contribution in [2.24, 2.45) is 7.05 Å². The van der Waals surface area contributed by atoms with E-state index >= 15 is 0 Å². The van der Waals surface area contributed by atoms with Gasteiger partial charge in [-0.1, -0.05) is 6.92 Å². The van der Waals surface area contributed by atoms with Gasteiger partial charge in [-0.3, -0.25) is 4.68 Å². The van der Waals surface area contributed by atoms with Crippen molar-refractivity contribution in [3.05, 3.63) is 24.0 Å². The summed E-state index contributed by atoms with van der Waals surface area (Å²) in [5.41, 5.74) is 4.84. The Bertz CT molecular complexity index is 1210. The number of hydrogen-bond acceptors (Lipinski definition) is 8. The molecule has 0 radical (unpaired) electrons. The van der Waals surface area contributed by atoms with Crippen molar-refractivity contribution in [3.63, 3.8) is 0 Å². The Labute approximate surface area is 192 Å². The summed E-state index contributed by atoms with van der Waals surface area (Å²) in [6.45, 7) is 2.90. The second-order valence-corrected chi connectivity index (χ2v) is 7.79. The Balaban J connectivity index is 1.55. The molecule has 1 atom stereocenters. The van der Waals surface area contributed by atoms with E-state index in [2.05, 4.69) is 25.4 Å². The van der Waals surface area contributed by atoms with Crippen LogP contribution in [0.25, 0.3) is 11.0 Å². The monoisotopic (exact) mass is 479 g/mol. The molecule has 3 N–H and O–H groups in total. The summed E-state index contributed by atoms with van der Waals surface area (Å²) in [5.74, 6) is 0.518. The van der Waals surface area contributed by atoms with Gasteiger partial charge < -0.3 is 25.6 Å². The van der Waals surface area contributed by atoms with Crippen LogP contribution in [-0.4, -0.2) is 68.4 Å². The predicted molar refractivity (Wildman–Crippen MR) is 119 cm³/mol. The Morgan fingerprint density at radius 3 is 2.71 bits per heavy atom. The Morgan fingerprint density at radius 2 is 2.03 bits per heavy atom. The lowest BCUT2D eigenvalue weighted by atomic mass is 10.1. The van der Waals surface area contributed by atoms with Crippen LogP contribution in [0.4, 0.5) is 35.4 Å². The zero-order valence-corrected chi connectivity index (χ0v) is 18.8. The smallest absolute Gasteiger partial charge is 0.435 e. The summed E-state index contributed by atoms with van der Waals surface area (Å²) >= 11 is 0. The summed E-state index contributed by atoms with van der Waals surface area (Å²) < 4.78 is 46.8. The maximum absolute atomic E-state index is 13.5. The molecule has 0 aromatic carbocycles. The van der Waals surface area contributed by atoms with E-state index in [0.29, 0.717) is 24.4 Å². The summed E-state index contributed by atoms with van der Waals surface area (Å²) in [5, 5.41) is 7.30. The van der Waals surface area contributed by atoms with Crippen LogP contribution in [0.2, 0.25) is 0 Å². The number of fused-ring (bicyclic) bond motifs is 1. The normalized spacial score (nSPS) is 16.7. The third-order valence-electron chi connectivity index (χ3n) is 5.69. The fraction of sp³-hybridized carbons (Fsp3) is 0.450. The Morgan fingerprint density at radius 1 is 1.26 bits per heavy atom. The molecule has 4 heterocycles. The molecule has 0 spiro atoms. The van der Waals surface area contributed by atoms with Crippen molar-refractivity contribution < 1.29 is 22.7 Å². The standard InChI is InChI=1S/C20H24F3N9O2/c1-4-11-10-31(19(33)26-13-5-6-14(34-3)27-15(13)20(21,22)23)7-8-32(11)17-12-9-25-30(2)16(12)28-18(24)29-17/h5-6,9,11H,4,7-8,10H2,1-3H3,(H,26,33)(H2,24,28,29)/t11-/m0/s1. The molecule has 3 aromatic rings. The summed E-state index contributed by atoms with van der Waals surface area (Å²) in [6, 6.07) is 1.59. The number of nitrogen functional groups attached to an aromatic ring is 1. The SMILES string of the molecule is CC[C@H]1CN(C(=O)Nc2ccc(OC)nc2C(F)(F)F)CCN1c1nc(N)nc2c1cnn2C. The van der Waals surface area contributed by atoms with Gasteiger partial charge in [-0.2, -0.15) is 28.2 Å². The second-order valence-electron chi connectivity index (χ2n) is 7.79. The minimum absolute atomic E-state index is 0.104. The molecular formula is C20H24F3N9O2. The molecular weight excluding hydrogens is 455 g/mol. The lowest BCUT2D eigenvalue weighted by Gasteiger charge is -2.42. The van der Waals surface area contributed by atoms with Crippen LogP contribution < -0.4 is 20.7 Å². The molecule has 3 aromatic heterocycles. The third-order valence-corrected chi connectivity index (χ3v) is 5.69. The van der Waals surface area contributed by atoms with Gasteiger partial charge in [0, 0.05) is 38.8 Å². The van der Waals surface area contributed by atoms with Gasteiger partial charge in [0.25, 0.3) is 0 Å². The van der Waals surface area contributed by atoms with E-state index in [0.717, 1.165) is 11.5 Å². The number of nitrogens with one attached hydrogen (secondary N) is 1. The number of carbonyl (C=O) groups is 1. The zero-order valence-electron chi connectivity index (χ0n) is 18.8. The van der Waals surface area contributed by atoms with Crippen molar-refractivity contribution in [1.29, 1.82) is 0 Å². The summed E-state index contributed by atoms with van der Waals surface area (Å²) in [7, 11) is 2.97. The number of rotatable bonds is 4. The average Bonchev–Trinajstić information content (AvgIpc) is 3.18. The summed E-state index contributed by atoms with van der Waals surface area (Å²) in [4.78, 5) is 28.5. The number of piperazine rings is 1. The van der Waals surface area contributed by atoms with E-state index in [1.165, 1.54) is 18.1 Å². The predicted octanol–water partition coefficient (Wildman–Crippen LogP) is 2.50. The largest absolute Gasteiger partial charge is 0.481 e. The number of aromatic nitrogens is 5. The van der Waals surface area contributed by atoms with Crippen molar-refractivity contribution in [2.45, 2.75) is 25.6 Å². The maximum atomic E-state index is 13.5. The van der Waals surface area contributed by atoms with E-state index < -0.39 is 23.6 Å². The van der Waals surface area contributed by atoms with Crippen LogP contribution >= 0.6 is 0 Å². The molecule has 0 saturated carbocycles. The van der Waals surface area contributed by atoms with Crippen LogP contribution in [0.15, 0.2) is 18.3 Å². The molecule has 14 heteroatoms. The van der Waals surface area contributed by atoms with Gasteiger partial charge in [0.15, 0.2) is 11.3 Å². The molecule has 2 amide bonds.